The molecule has 0 N–H and O–H groups in total. The fourth-order valence-corrected chi connectivity index (χ4v) is 2.11. The summed E-state index contributed by atoms with van der Waals surface area (Å²) in [6.07, 6.45) is 7.34. The molecular weight excluding hydrogens is 252 g/mol. The van der Waals surface area contributed by atoms with E-state index in [1.807, 2.05) is 12.1 Å². The first kappa shape index (κ1) is 14.1. The van der Waals surface area contributed by atoms with E-state index in [9.17, 15) is 0 Å². The Morgan fingerprint density at radius 2 is 2.10 bits per heavy atom. The van der Waals surface area contributed by atoms with Crippen molar-refractivity contribution in [2.75, 3.05) is 7.11 Å². The summed E-state index contributed by atoms with van der Waals surface area (Å²) in [6, 6.07) is 5.49. The number of terminal acetylenes is 1. The molecule has 0 aliphatic heterocycles. The molecule has 2 aromatic rings. The van der Waals surface area contributed by atoms with Crippen LogP contribution in [0.15, 0.2) is 22.7 Å². The molecule has 1 heterocycles. The SMILES string of the molecule is C#Cc1ccc(-c2noc(C(CC)CC)n2)c(OC)c1. The summed E-state index contributed by atoms with van der Waals surface area (Å²) in [7, 11) is 1.60. The van der Waals surface area contributed by atoms with Crippen LogP contribution in [-0.4, -0.2) is 17.3 Å². The summed E-state index contributed by atoms with van der Waals surface area (Å²) in [6.45, 7) is 4.22. The van der Waals surface area contributed by atoms with Crippen LogP contribution in [0.5, 0.6) is 5.75 Å². The van der Waals surface area contributed by atoms with Gasteiger partial charge in [-0.05, 0) is 31.0 Å². The normalized spacial score (nSPS) is 10.6. The van der Waals surface area contributed by atoms with Crippen molar-refractivity contribution in [2.24, 2.45) is 0 Å². The average molecular weight is 270 g/mol. The van der Waals surface area contributed by atoms with E-state index in [0.29, 0.717) is 23.4 Å². The predicted molar refractivity (Wildman–Crippen MR) is 77.5 cm³/mol. The molecule has 20 heavy (non-hydrogen) atoms. The largest absolute Gasteiger partial charge is 0.496 e. The lowest BCUT2D eigenvalue weighted by Crippen LogP contribution is -1.96. The summed E-state index contributed by atoms with van der Waals surface area (Å²) in [5.74, 6) is 4.74. The van der Waals surface area contributed by atoms with Crippen molar-refractivity contribution < 1.29 is 9.26 Å². The first-order chi connectivity index (χ1) is 9.73. The Balaban J connectivity index is 2.40. The number of rotatable bonds is 5. The molecule has 0 saturated carbocycles. The summed E-state index contributed by atoms with van der Waals surface area (Å²) in [4.78, 5) is 4.48. The Bertz CT molecular complexity index is 622. The smallest absolute Gasteiger partial charge is 0.230 e. The highest BCUT2D eigenvalue weighted by Gasteiger charge is 2.18. The van der Waals surface area contributed by atoms with Gasteiger partial charge in [-0.1, -0.05) is 24.9 Å². The van der Waals surface area contributed by atoms with Gasteiger partial charge in [0.15, 0.2) is 0 Å². The number of ether oxygens (including phenoxy) is 1. The lowest BCUT2D eigenvalue weighted by molar-refractivity contribution is 0.346. The third-order valence-electron chi connectivity index (χ3n) is 3.39. The average Bonchev–Trinajstić information content (AvgIpc) is 2.97. The molecule has 2 rings (SSSR count). The molecule has 4 heteroatoms. The number of hydrogen-bond donors (Lipinski definition) is 0. The van der Waals surface area contributed by atoms with Crippen LogP contribution in [0.1, 0.15) is 44.1 Å². The molecule has 0 radical (unpaired) electrons. The second kappa shape index (κ2) is 6.25. The van der Waals surface area contributed by atoms with E-state index >= 15 is 0 Å². The predicted octanol–water partition coefficient (Wildman–Crippen LogP) is 3.63. The van der Waals surface area contributed by atoms with Crippen LogP contribution in [0.3, 0.4) is 0 Å². The zero-order valence-corrected chi connectivity index (χ0v) is 12.0. The zero-order chi connectivity index (χ0) is 14.5. The van der Waals surface area contributed by atoms with Gasteiger partial charge in [-0.2, -0.15) is 4.98 Å². The molecular formula is C16H18N2O2. The molecule has 1 aromatic carbocycles. The van der Waals surface area contributed by atoms with E-state index in [4.69, 9.17) is 15.7 Å². The minimum Gasteiger partial charge on any atom is -0.496 e. The highest BCUT2D eigenvalue weighted by molar-refractivity contribution is 5.65. The van der Waals surface area contributed by atoms with E-state index < -0.39 is 0 Å². The first-order valence-corrected chi connectivity index (χ1v) is 6.72. The minimum absolute atomic E-state index is 0.298. The quantitative estimate of drug-likeness (QED) is 0.778. The van der Waals surface area contributed by atoms with Gasteiger partial charge in [0.05, 0.1) is 12.7 Å². The molecule has 4 nitrogen and oxygen atoms in total. The summed E-state index contributed by atoms with van der Waals surface area (Å²) in [5.41, 5.74) is 1.54. The van der Waals surface area contributed by atoms with Crippen molar-refractivity contribution in [2.45, 2.75) is 32.6 Å². The maximum Gasteiger partial charge on any atom is 0.230 e. The Labute approximate surface area is 119 Å². The van der Waals surface area contributed by atoms with Gasteiger partial charge in [-0.25, -0.2) is 0 Å². The van der Waals surface area contributed by atoms with E-state index in [1.54, 1.807) is 13.2 Å². The highest BCUT2D eigenvalue weighted by Crippen LogP contribution is 2.30. The standard InChI is InChI=1S/C16H18N2O2/c1-5-11-8-9-13(14(10-11)19-4)15-17-16(20-18-15)12(6-2)7-3/h1,8-10,12H,6-7H2,2-4H3. The summed E-state index contributed by atoms with van der Waals surface area (Å²) < 4.78 is 10.7. The molecule has 0 saturated heterocycles. The van der Waals surface area contributed by atoms with E-state index in [2.05, 4.69) is 29.9 Å². The molecule has 0 atom stereocenters. The molecule has 0 amide bonds. The van der Waals surface area contributed by atoms with Gasteiger partial charge in [0.25, 0.3) is 0 Å². The van der Waals surface area contributed by atoms with Crippen LogP contribution in [0, 0.1) is 12.3 Å². The molecule has 0 fully saturated rings. The van der Waals surface area contributed by atoms with Gasteiger partial charge in [0.2, 0.25) is 11.7 Å². The number of methoxy groups -OCH3 is 1. The Hall–Kier alpha value is -2.28. The van der Waals surface area contributed by atoms with Gasteiger partial charge in [-0.15, -0.1) is 6.42 Å². The lowest BCUT2D eigenvalue weighted by atomic mass is 10.0. The molecule has 0 bridgehead atoms. The maximum atomic E-state index is 5.39. The third kappa shape index (κ3) is 2.67. The van der Waals surface area contributed by atoms with Crippen molar-refractivity contribution in [1.29, 1.82) is 0 Å². The number of benzene rings is 1. The topological polar surface area (TPSA) is 48.2 Å². The van der Waals surface area contributed by atoms with Crippen molar-refractivity contribution in [1.82, 2.24) is 10.1 Å². The lowest BCUT2D eigenvalue weighted by Gasteiger charge is -2.06. The highest BCUT2D eigenvalue weighted by atomic mass is 16.5. The van der Waals surface area contributed by atoms with Gasteiger partial charge < -0.3 is 9.26 Å². The number of aromatic nitrogens is 2. The van der Waals surface area contributed by atoms with Gasteiger partial charge >= 0.3 is 0 Å². The summed E-state index contributed by atoms with van der Waals surface area (Å²) in [5, 5.41) is 4.05. The van der Waals surface area contributed by atoms with Crippen molar-refractivity contribution in [3.05, 3.63) is 29.7 Å². The molecule has 0 aliphatic rings. The molecule has 0 spiro atoms. The van der Waals surface area contributed by atoms with Crippen LogP contribution in [0.25, 0.3) is 11.4 Å². The molecule has 0 unspecified atom stereocenters. The van der Waals surface area contributed by atoms with Crippen molar-refractivity contribution >= 4 is 0 Å². The van der Waals surface area contributed by atoms with E-state index in [-0.39, 0.29) is 0 Å². The fraction of sp³-hybridized carbons (Fsp3) is 0.375. The van der Waals surface area contributed by atoms with Gasteiger partial charge in [-0.3, -0.25) is 0 Å². The Morgan fingerprint density at radius 1 is 1.35 bits per heavy atom. The van der Waals surface area contributed by atoms with Crippen LogP contribution in [-0.2, 0) is 0 Å². The molecule has 104 valence electrons. The van der Waals surface area contributed by atoms with Crippen LogP contribution in [0.4, 0.5) is 0 Å². The number of nitrogens with zero attached hydrogens (tertiary/aromatic N) is 2. The minimum atomic E-state index is 0.298. The van der Waals surface area contributed by atoms with E-state index in [0.717, 1.165) is 24.0 Å². The van der Waals surface area contributed by atoms with Gasteiger partial charge in [0, 0.05) is 11.5 Å². The second-order valence-electron chi connectivity index (χ2n) is 4.53. The second-order valence-corrected chi connectivity index (χ2v) is 4.53. The van der Waals surface area contributed by atoms with Crippen LogP contribution < -0.4 is 4.74 Å². The first-order valence-electron chi connectivity index (χ1n) is 6.72. The van der Waals surface area contributed by atoms with Crippen LogP contribution in [0.2, 0.25) is 0 Å². The van der Waals surface area contributed by atoms with Gasteiger partial charge in [0.1, 0.15) is 5.75 Å². The Morgan fingerprint density at radius 3 is 2.70 bits per heavy atom. The fourth-order valence-electron chi connectivity index (χ4n) is 2.11. The third-order valence-corrected chi connectivity index (χ3v) is 3.39. The van der Waals surface area contributed by atoms with Crippen LogP contribution >= 0.6 is 0 Å². The zero-order valence-electron chi connectivity index (χ0n) is 12.0. The van der Waals surface area contributed by atoms with Crippen molar-refractivity contribution in [3.63, 3.8) is 0 Å². The molecule has 1 aromatic heterocycles. The monoisotopic (exact) mass is 270 g/mol. The van der Waals surface area contributed by atoms with E-state index in [1.165, 1.54) is 0 Å². The maximum absolute atomic E-state index is 5.39. The Kier molecular flexibility index (Phi) is 4.41. The molecule has 0 aliphatic carbocycles. The van der Waals surface area contributed by atoms with Crippen molar-refractivity contribution in [3.8, 4) is 29.5 Å². The summed E-state index contributed by atoms with van der Waals surface area (Å²) >= 11 is 0. The number of hydrogen-bond acceptors (Lipinski definition) is 4.